The van der Waals surface area contributed by atoms with Crippen molar-refractivity contribution in [3.63, 3.8) is 0 Å². The van der Waals surface area contributed by atoms with E-state index in [1.807, 2.05) is 44.2 Å². The van der Waals surface area contributed by atoms with Gasteiger partial charge in [0.2, 0.25) is 5.95 Å². The lowest BCUT2D eigenvalue weighted by Gasteiger charge is -2.26. The topological polar surface area (TPSA) is 113 Å². The van der Waals surface area contributed by atoms with Crippen LogP contribution in [0.1, 0.15) is 36.8 Å². The zero-order valence-electron chi connectivity index (χ0n) is 15.0. The van der Waals surface area contributed by atoms with Crippen molar-refractivity contribution in [2.45, 2.75) is 50.8 Å². The maximum Gasteiger partial charge on any atom is 0.220 e. The molecule has 3 heterocycles. The zero-order valence-corrected chi connectivity index (χ0v) is 15.0. The number of nitrogens with two attached hydrogens (primary N) is 1. The molecule has 0 spiro atoms. The molecular formula is C19H20N4O4. The van der Waals surface area contributed by atoms with Crippen molar-refractivity contribution in [1.82, 2.24) is 9.97 Å². The van der Waals surface area contributed by atoms with Gasteiger partial charge in [-0.05, 0) is 19.4 Å². The van der Waals surface area contributed by atoms with E-state index in [-0.39, 0.29) is 11.5 Å². The Balaban J connectivity index is 1.64. The number of anilines is 1. The number of aromatic nitrogens is 2. The molecule has 1 aromatic carbocycles. The summed E-state index contributed by atoms with van der Waals surface area (Å²) >= 11 is 0. The summed E-state index contributed by atoms with van der Waals surface area (Å²) < 4.78 is 24.0. The number of rotatable bonds is 4. The van der Waals surface area contributed by atoms with E-state index in [1.165, 1.54) is 6.20 Å². The number of nitriles is 1. The second kappa shape index (κ2) is 6.87. The Morgan fingerprint density at radius 1 is 1.26 bits per heavy atom. The second-order valence-corrected chi connectivity index (χ2v) is 6.93. The molecule has 2 aromatic rings. The minimum absolute atomic E-state index is 0.0636. The van der Waals surface area contributed by atoms with Gasteiger partial charge in [0.25, 0.3) is 0 Å². The maximum atomic E-state index is 9.42. The fourth-order valence-electron chi connectivity index (χ4n) is 3.36. The maximum absolute atomic E-state index is 9.42. The highest BCUT2D eigenvalue weighted by molar-refractivity contribution is 5.37. The summed E-state index contributed by atoms with van der Waals surface area (Å²) in [6.07, 6.45) is -0.849. The second-order valence-electron chi connectivity index (χ2n) is 6.93. The summed E-state index contributed by atoms with van der Waals surface area (Å²) in [6, 6.07) is 11.9. The van der Waals surface area contributed by atoms with Crippen LogP contribution < -0.4 is 5.73 Å². The van der Waals surface area contributed by atoms with E-state index in [1.54, 1.807) is 0 Å². The number of hydrogen-bond donors (Lipinski definition) is 1. The normalized spacial score (nSPS) is 28.6. The van der Waals surface area contributed by atoms with Crippen molar-refractivity contribution in [2.24, 2.45) is 0 Å². The highest BCUT2D eigenvalue weighted by atomic mass is 16.8. The monoisotopic (exact) mass is 368 g/mol. The van der Waals surface area contributed by atoms with Gasteiger partial charge in [-0.2, -0.15) is 5.26 Å². The number of fused-ring (bicyclic) bond motifs is 1. The average Bonchev–Trinajstić information content (AvgIpc) is 3.12. The summed E-state index contributed by atoms with van der Waals surface area (Å²) in [5.41, 5.74) is 7.40. The van der Waals surface area contributed by atoms with Crippen molar-refractivity contribution in [2.75, 3.05) is 5.73 Å². The van der Waals surface area contributed by atoms with E-state index in [0.717, 1.165) is 5.56 Å². The molecule has 8 nitrogen and oxygen atoms in total. The molecule has 2 saturated heterocycles. The van der Waals surface area contributed by atoms with Crippen molar-refractivity contribution in [1.29, 1.82) is 5.26 Å². The SMILES string of the molecule is CC1(C)O[C@H]2O[C@H](c3nc(N)ncc3C#N)[C@H](OCc3ccccc3)[C@H]2O1. The third-order valence-corrected chi connectivity index (χ3v) is 4.50. The fraction of sp³-hybridized carbons (Fsp3) is 0.421. The van der Waals surface area contributed by atoms with Gasteiger partial charge in [-0.15, -0.1) is 0 Å². The third kappa shape index (κ3) is 3.50. The number of nitrogens with zero attached hydrogens (tertiary/aromatic N) is 3. The Labute approximate surface area is 156 Å². The van der Waals surface area contributed by atoms with Gasteiger partial charge >= 0.3 is 0 Å². The summed E-state index contributed by atoms with van der Waals surface area (Å²) in [4.78, 5) is 8.10. The lowest BCUT2D eigenvalue weighted by atomic mass is 10.0. The highest BCUT2D eigenvalue weighted by Gasteiger charge is 2.56. The minimum Gasteiger partial charge on any atom is -0.368 e. The molecule has 27 heavy (non-hydrogen) atoms. The third-order valence-electron chi connectivity index (χ3n) is 4.50. The molecule has 0 aliphatic carbocycles. The molecule has 0 unspecified atom stereocenters. The van der Waals surface area contributed by atoms with Crippen LogP contribution in [0.15, 0.2) is 36.5 Å². The molecule has 2 aliphatic rings. The predicted molar refractivity (Wildman–Crippen MR) is 93.8 cm³/mol. The van der Waals surface area contributed by atoms with E-state index in [0.29, 0.717) is 12.3 Å². The summed E-state index contributed by atoms with van der Waals surface area (Å²) in [6.45, 7) is 4.00. The summed E-state index contributed by atoms with van der Waals surface area (Å²) in [5.74, 6) is -0.717. The van der Waals surface area contributed by atoms with E-state index < -0.39 is 30.4 Å². The Hall–Kier alpha value is -2.57. The Kier molecular flexibility index (Phi) is 4.53. The van der Waals surface area contributed by atoms with E-state index in [9.17, 15) is 5.26 Å². The van der Waals surface area contributed by atoms with Gasteiger partial charge in [-0.1, -0.05) is 30.3 Å². The van der Waals surface area contributed by atoms with E-state index >= 15 is 0 Å². The number of ether oxygens (including phenoxy) is 4. The van der Waals surface area contributed by atoms with Crippen LogP contribution in [0.25, 0.3) is 0 Å². The van der Waals surface area contributed by atoms with Crippen LogP contribution in [-0.4, -0.2) is 34.3 Å². The molecule has 2 fully saturated rings. The Morgan fingerprint density at radius 2 is 2.04 bits per heavy atom. The van der Waals surface area contributed by atoms with Crippen molar-refractivity contribution >= 4 is 5.95 Å². The number of nitrogen functional groups attached to an aromatic ring is 1. The molecule has 1 aromatic heterocycles. The molecule has 4 rings (SSSR count). The quantitative estimate of drug-likeness (QED) is 0.873. The fourth-order valence-corrected chi connectivity index (χ4v) is 3.36. The van der Waals surface area contributed by atoms with Crippen LogP contribution in [0.5, 0.6) is 0 Å². The summed E-state index contributed by atoms with van der Waals surface area (Å²) in [5, 5.41) is 9.42. The first-order valence-electron chi connectivity index (χ1n) is 8.66. The molecular weight excluding hydrogens is 348 g/mol. The molecule has 0 saturated carbocycles. The van der Waals surface area contributed by atoms with Gasteiger partial charge in [-0.25, -0.2) is 9.97 Å². The lowest BCUT2D eigenvalue weighted by molar-refractivity contribution is -0.220. The van der Waals surface area contributed by atoms with Crippen LogP contribution >= 0.6 is 0 Å². The molecule has 4 atom stereocenters. The van der Waals surface area contributed by atoms with Crippen molar-refractivity contribution in [3.05, 3.63) is 53.3 Å². The van der Waals surface area contributed by atoms with Crippen LogP contribution in [-0.2, 0) is 25.6 Å². The van der Waals surface area contributed by atoms with E-state index in [4.69, 9.17) is 24.7 Å². The van der Waals surface area contributed by atoms with Crippen molar-refractivity contribution < 1.29 is 18.9 Å². The molecule has 0 bridgehead atoms. The van der Waals surface area contributed by atoms with Crippen LogP contribution in [0.4, 0.5) is 5.95 Å². The molecule has 2 aliphatic heterocycles. The number of hydrogen-bond acceptors (Lipinski definition) is 8. The van der Waals surface area contributed by atoms with Gasteiger partial charge in [-0.3, -0.25) is 0 Å². The molecule has 2 N–H and O–H groups in total. The lowest BCUT2D eigenvalue weighted by Crippen LogP contribution is -2.34. The Bertz CT molecular complexity index is 868. The largest absolute Gasteiger partial charge is 0.368 e. The van der Waals surface area contributed by atoms with Crippen LogP contribution in [0, 0.1) is 11.3 Å². The predicted octanol–water partition coefficient (Wildman–Crippen LogP) is 2.06. The van der Waals surface area contributed by atoms with Crippen LogP contribution in [0.3, 0.4) is 0 Å². The first-order valence-corrected chi connectivity index (χ1v) is 8.66. The molecule has 140 valence electrons. The minimum atomic E-state index is -0.780. The average molecular weight is 368 g/mol. The molecule has 0 radical (unpaired) electrons. The molecule has 0 amide bonds. The van der Waals surface area contributed by atoms with Gasteiger partial charge in [0, 0.05) is 0 Å². The van der Waals surface area contributed by atoms with Gasteiger partial charge in [0.15, 0.2) is 12.1 Å². The summed E-state index contributed by atoms with van der Waals surface area (Å²) in [7, 11) is 0. The van der Waals surface area contributed by atoms with Gasteiger partial charge < -0.3 is 24.7 Å². The highest BCUT2D eigenvalue weighted by Crippen LogP contribution is 2.45. The zero-order chi connectivity index (χ0) is 19.0. The van der Waals surface area contributed by atoms with Gasteiger partial charge in [0.05, 0.1) is 24.1 Å². The Morgan fingerprint density at radius 3 is 2.78 bits per heavy atom. The van der Waals surface area contributed by atoms with E-state index in [2.05, 4.69) is 16.0 Å². The molecule has 8 heteroatoms. The first-order chi connectivity index (χ1) is 13.0. The smallest absolute Gasteiger partial charge is 0.220 e. The first kappa shape index (κ1) is 17.8. The van der Waals surface area contributed by atoms with Crippen molar-refractivity contribution in [3.8, 4) is 6.07 Å². The number of benzene rings is 1. The van der Waals surface area contributed by atoms with Gasteiger partial charge in [0.1, 0.15) is 24.4 Å². The van der Waals surface area contributed by atoms with Crippen LogP contribution in [0.2, 0.25) is 0 Å². The standard InChI is InChI=1S/C19H20N4O4/c1-19(2)26-16-15(24-10-11-6-4-3-5-7-11)14(25-17(16)27-19)13-12(8-20)9-22-18(21)23-13/h3-7,9,14-17H,10H2,1-2H3,(H2,21,22,23)/t14-,15+,16-,17-/m1/s1.